The normalized spacial score (nSPS) is 11.1. The molecule has 0 aliphatic rings. The monoisotopic (exact) mass is 206 g/mol. The Hall–Kier alpha value is 0.350. The highest BCUT2D eigenvalue weighted by atomic mass is 31.1. The Morgan fingerprint density at radius 2 is 1.38 bits per heavy atom. The Labute approximate surface area is 83.1 Å². The molecule has 80 valence electrons. The van der Waals surface area contributed by atoms with Crippen molar-refractivity contribution < 1.29 is 10.2 Å². The molecule has 0 fully saturated rings. The summed E-state index contributed by atoms with van der Waals surface area (Å²) in [4.78, 5) is 0. The van der Waals surface area contributed by atoms with Gasteiger partial charge in [0.1, 0.15) is 0 Å². The number of aliphatic hydroxyl groups excluding tert-OH is 2. The minimum Gasteiger partial charge on any atom is -0.392 e. The van der Waals surface area contributed by atoms with Gasteiger partial charge >= 0.3 is 0 Å². The van der Waals surface area contributed by atoms with Crippen molar-refractivity contribution in [2.45, 2.75) is 45.4 Å². The average molecular weight is 206 g/mol. The molecule has 0 radical (unpaired) electrons. The summed E-state index contributed by atoms with van der Waals surface area (Å²) in [6.45, 7) is 2.22. The molecule has 2 nitrogen and oxygen atoms in total. The number of hydrogen-bond acceptors (Lipinski definition) is 2. The molecule has 0 spiro atoms. The van der Waals surface area contributed by atoms with Crippen LogP contribution in [0, 0.1) is 0 Å². The van der Waals surface area contributed by atoms with E-state index in [2.05, 4.69) is 6.92 Å². The smallest absolute Gasteiger partial charge is 0.0646 e. The molecule has 2 N–H and O–H groups in total. The predicted octanol–water partition coefficient (Wildman–Crippen LogP) is 2.73. The summed E-state index contributed by atoms with van der Waals surface area (Å²) in [6.07, 6.45) is 9.15. The fourth-order valence-electron chi connectivity index (χ4n) is 1.30. The summed E-state index contributed by atoms with van der Waals surface area (Å²) in [7, 11) is -0.470. The first-order chi connectivity index (χ1) is 6.35. The van der Waals surface area contributed by atoms with Gasteiger partial charge in [0.15, 0.2) is 0 Å². The molecule has 13 heavy (non-hydrogen) atoms. The second-order valence-corrected chi connectivity index (χ2v) is 5.80. The predicted molar refractivity (Wildman–Crippen MR) is 59.3 cm³/mol. The van der Waals surface area contributed by atoms with Crippen LogP contribution in [-0.4, -0.2) is 29.1 Å². The Morgan fingerprint density at radius 3 is 1.92 bits per heavy atom. The van der Waals surface area contributed by atoms with Gasteiger partial charge in [0, 0.05) is 0 Å². The molecular weight excluding hydrogens is 183 g/mol. The van der Waals surface area contributed by atoms with E-state index in [0.29, 0.717) is 0 Å². The van der Waals surface area contributed by atoms with E-state index in [1.54, 1.807) is 0 Å². The number of hydrogen-bond donors (Lipinski definition) is 2. The standard InChI is InChI=1S/C10H23O2P/c1-2-3-4-5-6-7-8-13(9-11)10-12/h11-12H,2-10H2,1H3. The molecule has 0 aromatic rings. The molecule has 0 saturated carbocycles. The fraction of sp³-hybridized carbons (Fsp3) is 1.00. The minimum atomic E-state index is -0.470. The summed E-state index contributed by atoms with van der Waals surface area (Å²) >= 11 is 0. The van der Waals surface area contributed by atoms with E-state index in [0.717, 1.165) is 6.16 Å². The van der Waals surface area contributed by atoms with Crippen molar-refractivity contribution in [1.29, 1.82) is 0 Å². The van der Waals surface area contributed by atoms with Gasteiger partial charge in [-0.1, -0.05) is 46.9 Å². The number of rotatable bonds is 9. The van der Waals surface area contributed by atoms with Crippen molar-refractivity contribution in [3.63, 3.8) is 0 Å². The van der Waals surface area contributed by atoms with Crippen LogP contribution in [0.1, 0.15) is 45.4 Å². The summed E-state index contributed by atoms with van der Waals surface area (Å²) in [5.74, 6) is 0. The van der Waals surface area contributed by atoms with Gasteiger partial charge < -0.3 is 10.2 Å². The van der Waals surface area contributed by atoms with E-state index in [4.69, 9.17) is 10.2 Å². The van der Waals surface area contributed by atoms with Gasteiger partial charge in [-0.15, -0.1) is 0 Å². The van der Waals surface area contributed by atoms with E-state index >= 15 is 0 Å². The van der Waals surface area contributed by atoms with Crippen LogP contribution in [0.5, 0.6) is 0 Å². The van der Waals surface area contributed by atoms with Gasteiger partial charge in [0.25, 0.3) is 0 Å². The Bertz CT molecular complexity index is 94.9. The van der Waals surface area contributed by atoms with Crippen LogP contribution in [0.3, 0.4) is 0 Å². The van der Waals surface area contributed by atoms with Crippen molar-refractivity contribution in [3.05, 3.63) is 0 Å². The van der Waals surface area contributed by atoms with Crippen molar-refractivity contribution in [2.24, 2.45) is 0 Å². The van der Waals surface area contributed by atoms with Crippen molar-refractivity contribution in [3.8, 4) is 0 Å². The third-order valence-corrected chi connectivity index (χ3v) is 3.98. The van der Waals surface area contributed by atoms with Crippen LogP contribution in [0.2, 0.25) is 0 Å². The van der Waals surface area contributed by atoms with E-state index < -0.39 is 7.92 Å². The largest absolute Gasteiger partial charge is 0.392 e. The summed E-state index contributed by atoms with van der Waals surface area (Å²) in [6, 6.07) is 0. The molecule has 0 aromatic carbocycles. The zero-order valence-electron chi connectivity index (χ0n) is 8.71. The quantitative estimate of drug-likeness (QED) is 0.450. The van der Waals surface area contributed by atoms with Crippen LogP contribution in [0.15, 0.2) is 0 Å². The highest BCUT2D eigenvalue weighted by Gasteiger charge is 2.03. The molecule has 0 saturated heterocycles. The molecule has 0 aliphatic heterocycles. The van der Waals surface area contributed by atoms with Gasteiger partial charge in [-0.3, -0.25) is 0 Å². The second kappa shape index (κ2) is 10.4. The molecule has 0 aliphatic carbocycles. The highest BCUT2D eigenvalue weighted by molar-refractivity contribution is 7.57. The lowest BCUT2D eigenvalue weighted by atomic mass is 10.1. The van der Waals surface area contributed by atoms with E-state index in [-0.39, 0.29) is 12.7 Å². The van der Waals surface area contributed by atoms with Gasteiger partial charge in [-0.2, -0.15) is 0 Å². The van der Waals surface area contributed by atoms with Crippen molar-refractivity contribution in [1.82, 2.24) is 0 Å². The van der Waals surface area contributed by atoms with E-state index in [1.807, 2.05) is 0 Å². The topological polar surface area (TPSA) is 40.5 Å². The number of aliphatic hydroxyl groups is 2. The molecule has 0 heterocycles. The van der Waals surface area contributed by atoms with Crippen LogP contribution < -0.4 is 0 Å². The van der Waals surface area contributed by atoms with E-state index in [9.17, 15) is 0 Å². The molecule has 0 rings (SSSR count). The van der Waals surface area contributed by atoms with Gasteiger partial charge in [-0.25, -0.2) is 0 Å². The molecule has 0 bridgehead atoms. The first-order valence-corrected chi connectivity index (χ1v) is 7.19. The van der Waals surface area contributed by atoms with Gasteiger partial charge in [-0.05, 0) is 12.6 Å². The second-order valence-electron chi connectivity index (χ2n) is 3.45. The third kappa shape index (κ3) is 8.67. The lowest BCUT2D eigenvalue weighted by molar-refractivity contribution is 0.343. The Morgan fingerprint density at radius 1 is 0.846 bits per heavy atom. The zero-order chi connectivity index (χ0) is 9.94. The first kappa shape index (κ1) is 13.4. The molecule has 3 heteroatoms. The van der Waals surface area contributed by atoms with E-state index in [1.165, 1.54) is 38.5 Å². The maximum atomic E-state index is 8.84. The van der Waals surface area contributed by atoms with Crippen LogP contribution in [0.4, 0.5) is 0 Å². The van der Waals surface area contributed by atoms with Gasteiger partial charge in [0.05, 0.1) is 12.7 Å². The summed E-state index contributed by atoms with van der Waals surface area (Å²) in [5, 5.41) is 17.7. The average Bonchev–Trinajstić information content (AvgIpc) is 2.17. The maximum Gasteiger partial charge on any atom is 0.0646 e. The molecular formula is C10H23O2P. The number of unbranched alkanes of at least 4 members (excludes halogenated alkanes) is 5. The lowest BCUT2D eigenvalue weighted by Crippen LogP contribution is -1.93. The minimum absolute atomic E-state index is 0.195. The lowest BCUT2D eigenvalue weighted by Gasteiger charge is -2.10. The molecule has 0 unspecified atom stereocenters. The van der Waals surface area contributed by atoms with Crippen LogP contribution >= 0.6 is 7.92 Å². The molecule has 0 atom stereocenters. The fourth-order valence-corrected chi connectivity index (χ4v) is 2.34. The molecule has 0 aromatic heterocycles. The third-order valence-electron chi connectivity index (χ3n) is 2.23. The maximum absolute atomic E-state index is 8.84. The van der Waals surface area contributed by atoms with Crippen LogP contribution in [-0.2, 0) is 0 Å². The first-order valence-electron chi connectivity index (χ1n) is 5.29. The van der Waals surface area contributed by atoms with Crippen molar-refractivity contribution in [2.75, 3.05) is 18.9 Å². The van der Waals surface area contributed by atoms with Gasteiger partial charge in [0.2, 0.25) is 0 Å². The highest BCUT2D eigenvalue weighted by Crippen LogP contribution is 2.33. The SMILES string of the molecule is CCCCCCCCP(CO)CO. The summed E-state index contributed by atoms with van der Waals surface area (Å²) in [5.41, 5.74) is 0. The zero-order valence-corrected chi connectivity index (χ0v) is 9.60. The Kier molecular flexibility index (Phi) is 10.7. The molecule has 0 amide bonds. The summed E-state index contributed by atoms with van der Waals surface area (Å²) < 4.78 is 0. The van der Waals surface area contributed by atoms with Crippen LogP contribution in [0.25, 0.3) is 0 Å². The Balaban J connectivity index is 3.05. The van der Waals surface area contributed by atoms with Crippen molar-refractivity contribution >= 4 is 7.92 Å².